The third kappa shape index (κ3) is 4.81. The van der Waals surface area contributed by atoms with Gasteiger partial charge < -0.3 is 10.6 Å². The first-order valence-corrected chi connectivity index (χ1v) is 9.49. The lowest BCUT2D eigenvalue weighted by molar-refractivity contribution is -0.138. The Hall–Kier alpha value is -4.34. The highest BCUT2D eigenvalue weighted by molar-refractivity contribution is 6.06. The van der Waals surface area contributed by atoms with Gasteiger partial charge in [0.2, 0.25) is 17.7 Å². The molecule has 1 aromatic heterocycles. The quantitative estimate of drug-likeness (QED) is 0.464. The molecule has 4 N–H and O–H groups in total. The van der Waals surface area contributed by atoms with Gasteiger partial charge in [-0.2, -0.15) is 15.4 Å². The first-order chi connectivity index (χ1) is 15.0. The minimum Gasteiger partial charge on any atom is -0.326 e. The summed E-state index contributed by atoms with van der Waals surface area (Å²) < 4.78 is 0. The summed E-state index contributed by atoms with van der Waals surface area (Å²) in [5, 5.41) is 17.9. The highest BCUT2D eigenvalue weighted by Gasteiger charge is 2.30. The van der Waals surface area contributed by atoms with Crippen molar-refractivity contribution in [2.75, 3.05) is 10.6 Å². The van der Waals surface area contributed by atoms with Crippen LogP contribution < -0.4 is 16.0 Å². The number of nitrogens with one attached hydrogen (secondary N) is 4. The first kappa shape index (κ1) is 20.0. The van der Waals surface area contributed by atoms with Crippen LogP contribution in [0, 0.1) is 5.92 Å². The van der Waals surface area contributed by atoms with E-state index in [1.54, 1.807) is 54.7 Å². The number of benzene rings is 2. The second-order valence-electron chi connectivity index (χ2n) is 7.03. The molecule has 4 rings (SSSR count). The van der Waals surface area contributed by atoms with Gasteiger partial charge in [0, 0.05) is 35.3 Å². The van der Waals surface area contributed by atoms with E-state index in [1.807, 2.05) is 0 Å². The molecule has 1 saturated heterocycles. The largest absolute Gasteiger partial charge is 0.326 e. The molecule has 1 aliphatic heterocycles. The predicted octanol–water partition coefficient (Wildman–Crippen LogP) is 1.72. The number of anilines is 2. The van der Waals surface area contributed by atoms with Gasteiger partial charge in [0.05, 0.1) is 12.1 Å². The minimum absolute atomic E-state index is 0.0433. The maximum Gasteiger partial charge on any atom is 0.255 e. The number of rotatable bonds is 5. The van der Waals surface area contributed by atoms with E-state index in [0.717, 1.165) is 5.56 Å². The summed E-state index contributed by atoms with van der Waals surface area (Å²) in [6, 6.07) is 13.5. The van der Waals surface area contributed by atoms with E-state index in [4.69, 9.17) is 0 Å². The van der Waals surface area contributed by atoms with Crippen molar-refractivity contribution in [1.82, 2.24) is 20.7 Å². The molecule has 2 heterocycles. The lowest BCUT2D eigenvalue weighted by atomic mass is 9.96. The molecule has 10 heteroatoms. The Morgan fingerprint density at radius 3 is 2.26 bits per heavy atom. The summed E-state index contributed by atoms with van der Waals surface area (Å²) in [4.78, 5) is 47.9. The zero-order chi connectivity index (χ0) is 21.8. The molecule has 2 aromatic carbocycles. The Morgan fingerprint density at radius 2 is 1.61 bits per heavy atom. The van der Waals surface area contributed by atoms with Gasteiger partial charge in [-0.1, -0.05) is 18.2 Å². The first-order valence-electron chi connectivity index (χ1n) is 9.49. The van der Waals surface area contributed by atoms with E-state index in [0.29, 0.717) is 22.6 Å². The molecule has 0 radical (unpaired) electrons. The van der Waals surface area contributed by atoms with Crippen LogP contribution in [0.25, 0.3) is 11.3 Å². The summed E-state index contributed by atoms with van der Waals surface area (Å²) in [6.45, 7) is 0. The Morgan fingerprint density at radius 1 is 0.935 bits per heavy atom. The molecule has 4 amide bonds. The van der Waals surface area contributed by atoms with Gasteiger partial charge in [-0.15, -0.1) is 0 Å². The smallest absolute Gasteiger partial charge is 0.255 e. The van der Waals surface area contributed by atoms with Crippen molar-refractivity contribution in [3.63, 3.8) is 0 Å². The maximum atomic E-state index is 12.6. The van der Waals surface area contributed by atoms with Crippen LogP contribution >= 0.6 is 0 Å². The number of hydrogen-bond acceptors (Lipinski definition) is 6. The molecule has 10 nitrogen and oxygen atoms in total. The summed E-state index contributed by atoms with van der Waals surface area (Å²) >= 11 is 0. The fourth-order valence-corrected chi connectivity index (χ4v) is 3.22. The number of nitrogens with zero attached hydrogens (tertiary/aromatic N) is 2. The van der Waals surface area contributed by atoms with Crippen molar-refractivity contribution in [3.8, 4) is 11.3 Å². The van der Waals surface area contributed by atoms with Gasteiger partial charge in [0.1, 0.15) is 5.69 Å². The predicted molar refractivity (Wildman–Crippen MR) is 111 cm³/mol. The van der Waals surface area contributed by atoms with Crippen molar-refractivity contribution in [2.45, 2.75) is 12.8 Å². The molecule has 0 bridgehead atoms. The zero-order valence-corrected chi connectivity index (χ0v) is 16.2. The molecule has 156 valence electrons. The molecule has 0 aliphatic carbocycles. The van der Waals surface area contributed by atoms with E-state index in [-0.39, 0.29) is 18.7 Å². The van der Waals surface area contributed by atoms with E-state index >= 15 is 0 Å². The van der Waals surface area contributed by atoms with Crippen LogP contribution in [0.15, 0.2) is 54.7 Å². The molecule has 0 saturated carbocycles. The van der Waals surface area contributed by atoms with Crippen LogP contribution in [0.2, 0.25) is 0 Å². The Bertz CT molecular complexity index is 1120. The lowest BCUT2D eigenvalue weighted by Crippen LogP contribution is -2.42. The number of amides is 4. The number of aromatic nitrogens is 3. The third-order valence-electron chi connectivity index (χ3n) is 4.76. The maximum absolute atomic E-state index is 12.6. The second kappa shape index (κ2) is 8.57. The molecule has 31 heavy (non-hydrogen) atoms. The van der Waals surface area contributed by atoms with Crippen LogP contribution in [0.3, 0.4) is 0 Å². The van der Waals surface area contributed by atoms with E-state index in [2.05, 4.69) is 31.4 Å². The molecule has 0 spiro atoms. The minimum atomic E-state index is -0.720. The molecular formula is C21H18N6O4. The van der Waals surface area contributed by atoms with Crippen molar-refractivity contribution >= 4 is 35.0 Å². The van der Waals surface area contributed by atoms with Crippen LogP contribution in [0.5, 0.6) is 0 Å². The van der Waals surface area contributed by atoms with Crippen LogP contribution in [0.4, 0.5) is 11.4 Å². The van der Waals surface area contributed by atoms with Gasteiger partial charge in [0.25, 0.3) is 5.91 Å². The molecule has 0 atom stereocenters. The number of aromatic amines is 1. The molecular weight excluding hydrogens is 400 g/mol. The van der Waals surface area contributed by atoms with Gasteiger partial charge in [0.15, 0.2) is 0 Å². The number of carbonyl (C=O) groups excluding carboxylic acids is 4. The molecule has 0 unspecified atom stereocenters. The van der Waals surface area contributed by atoms with Crippen molar-refractivity contribution in [3.05, 3.63) is 60.3 Å². The van der Waals surface area contributed by atoms with Crippen molar-refractivity contribution in [2.24, 2.45) is 5.92 Å². The fraction of sp³-hybridized carbons (Fsp3) is 0.143. The third-order valence-corrected chi connectivity index (χ3v) is 4.76. The average Bonchev–Trinajstić information content (AvgIpc) is 3.28. The molecule has 3 aromatic rings. The lowest BCUT2D eigenvalue weighted by Gasteiger charge is -2.20. The standard InChI is InChI=1S/C21H18N6O4/c28-18-8-14(9-19(29)25-18)21(31)24-16-3-1-2-15(10-16)23-20(30)13-6-4-12(5-7-13)17-11-22-27-26-17/h1-7,10-11,14H,8-9H2,(H,23,30)(H,24,31)(H,22,26,27)(H,25,28,29). The van der Waals surface area contributed by atoms with Gasteiger partial charge >= 0.3 is 0 Å². The van der Waals surface area contributed by atoms with Gasteiger partial charge in [-0.25, -0.2) is 0 Å². The SMILES string of the molecule is O=C1CC(C(=O)Nc2cccc(NC(=O)c3ccc(-c4cn[nH]n4)cc3)c2)CC(=O)N1. The second-order valence-corrected chi connectivity index (χ2v) is 7.03. The zero-order valence-electron chi connectivity index (χ0n) is 16.2. The van der Waals surface area contributed by atoms with E-state index in [1.165, 1.54) is 0 Å². The van der Waals surface area contributed by atoms with Crippen LogP contribution in [0.1, 0.15) is 23.2 Å². The molecule has 1 aliphatic rings. The Labute approximate surface area is 176 Å². The Balaban J connectivity index is 1.40. The number of H-pyrrole nitrogens is 1. The average molecular weight is 418 g/mol. The van der Waals surface area contributed by atoms with Gasteiger partial charge in [-0.05, 0) is 30.3 Å². The summed E-state index contributed by atoms with van der Waals surface area (Å²) in [6.07, 6.45) is 1.50. The number of carbonyl (C=O) groups is 4. The number of piperidine rings is 1. The molecule has 1 fully saturated rings. The summed E-state index contributed by atoms with van der Waals surface area (Å²) in [7, 11) is 0. The van der Waals surface area contributed by atoms with E-state index in [9.17, 15) is 19.2 Å². The highest BCUT2D eigenvalue weighted by atomic mass is 16.2. The van der Waals surface area contributed by atoms with Crippen molar-refractivity contribution in [1.29, 1.82) is 0 Å². The van der Waals surface area contributed by atoms with Crippen LogP contribution in [-0.2, 0) is 14.4 Å². The summed E-state index contributed by atoms with van der Waals surface area (Å²) in [5.74, 6) is -2.39. The van der Waals surface area contributed by atoms with Gasteiger partial charge in [-0.3, -0.25) is 24.5 Å². The number of hydrogen-bond donors (Lipinski definition) is 4. The monoisotopic (exact) mass is 418 g/mol. The van der Waals surface area contributed by atoms with Crippen LogP contribution in [-0.4, -0.2) is 39.0 Å². The van der Waals surface area contributed by atoms with E-state index < -0.39 is 23.6 Å². The normalized spacial score (nSPS) is 14.1. The Kier molecular flexibility index (Phi) is 5.52. The summed E-state index contributed by atoms with van der Waals surface area (Å²) in [5.41, 5.74) is 2.88. The number of imide groups is 1. The topological polar surface area (TPSA) is 146 Å². The fourth-order valence-electron chi connectivity index (χ4n) is 3.22. The highest BCUT2D eigenvalue weighted by Crippen LogP contribution is 2.21. The van der Waals surface area contributed by atoms with Crippen molar-refractivity contribution < 1.29 is 19.2 Å².